The summed E-state index contributed by atoms with van der Waals surface area (Å²) in [6.45, 7) is 8.31. The van der Waals surface area contributed by atoms with Gasteiger partial charge in [0.2, 0.25) is 0 Å². The van der Waals surface area contributed by atoms with Gasteiger partial charge in [0.1, 0.15) is 0 Å². The second kappa shape index (κ2) is 6.04. The number of fused-ring (bicyclic) bond motifs is 1. The Hall–Kier alpha value is -0.900. The molecule has 0 radical (unpaired) electrons. The lowest BCUT2D eigenvalue weighted by Crippen LogP contribution is -2.45. The Balaban J connectivity index is 1.61. The molecule has 0 unspecified atom stereocenters. The van der Waals surface area contributed by atoms with E-state index in [9.17, 15) is 0 Å². The van der Waals surface area contributed by atoms with Crippen LogP contribution in [0.4, 0.5) is 0 Å². The van der Waals surface area contributed by atoms with E-state index >= 15 is 0 Å². The number of likely N-dealkylation sites (N-methyl/N-ethyl adjacent to an activating group) is 1. The lowest BCUT2D eigenvalue weighted by molar-refractivity contribution is 0.155. The zero-order valence-corrected chi connectivity index (χ0v) is 12.0. The highest BCUT2D eigenvalue weighted by molar-refractivity contribution is 5.37. The molecule has 104 valence electrons. The van der Waals surface area contributed by atoms with Gasteiger partial charge < -0.3 is 15.1 Å². The molecule has 0 atom stereocenters. The molecule has 1 aromatic carbocycles. The van der Waals surface area contributed by atoms with E-state index in [1.165, 1.54) is 51.1 Å². The van der Waals surface area contributed by atoms with Crippen molar-refractivity contribution in [1.29, 1.82) is 0 Å². The molecule has 0 bridgehead atoms. The van der Waals surface area contributed by atoms with Crippen molar-refractivity contribution in [3.63, 3.8) is 0 Å². The van der Waals surface area contributed by atoms with Gasteiger partial charge in [-0.15, -0.1) is 0 Å². The van der Waals surface area contributed by atoms with Gasteiger partial charge in [0, 0.05) is 39.3 Å². The first-order valence-corrected chi connectivity index (χ1v) is 7.54. The van der Waals surface area contributed by atoms with E-state index in [4.69, 9.17) is 0 Å². The quantitative estimate of drug-likeness (QED) is 0.878. The zero-order valence-electron chi connectivity index (χ0n) is 12.0. The van der Waals surface area contributed by atoms with Crippen LogP contribution in [0.15, 0.2) is 18.2 Å². The van der Waals surface area contributed by atoms with Crippen LogP contribution in [0.3, 0.4) is 0 Å². The fourth-order valence-electron chi connectivity index (χ4n) is 3.20. The SMILES string of the molecule is CN1CCN(CCc2cccc3c2CCNC3)CC1. The van der Waals surface area contributed by atoms with E-state index in [1.54, 1.807) is 11.1 Å². The van der Waals surface area contributed by atoms with Crippen LogP contribution in [0.25, 0.3) is 0 Å². The van der Waals surface area contributed by atoms with Crippen molar-refractivity contribution < 1.29 is 0 Å². The molecular formula is C16H25N3. The van der Waals surface area contributed by atoms with E-state index < -0.39 is 0 Å². The molecule has 0 aliphatic carbocycles. The van der Waals surface area contributed by atoms with Crippen LogP contribution in [0.2, 0.25) is 0 Å². The molecule has 1 aromatic rings. The Morgan fingerprint density at radius 3 is 2.84 bits per heavy atom. The summed E-state index contributed by atoms with van der Waals surface area (Å²) in [5.41, 5.74) is 4.72. The minimum atomic E-state index is 1.05. The van der Waals surface area contributed by atoms with Crippen molar-refractivity contribution in [2.75, 3.05) is 46.3 Å². The minimum Gasteiger partial charge on any atom is -0.312 e. The lowest BCUT2D eigenvalue weighted by atomic mass is 9.94. The average Bonchev–Trinajstić information content (AvgIpc) is 2.47. The van der Waals surface area contributed by atoms with E-state index in [0.717, 1.165) is 13.1 Å². The van der Waals surface area contributed by atoms with Crippen LogP contribution in [0.5, 0.6) is 0 Å². The van der Waals surface area contributed by atoms with Crippen LogP contribution in [0.1, 0.15) is 16.7 Å². The normalized spacial score (nSPS) is 21.3. The molecule has 1 fully saturated rings. The Morgan fingerprint density at radius 2 is 2.00 bits per heavy atom. The molecule has 19 heavy (non-hydrogen) atoms. The van der Waals surface area contributed by atoms with Gasteiger partial charge in [-0.25, -0.2) is 0 Å². The highest BCUT2D eigenvalue weighted by atomic mass is 15.2. The first kappa shape index (κ1) is 13.1. The van der Waals surface area contributed by atoms with Crippen LogP contribution in [-0.2, 0) is 19.4 Å². The summed E-state index contributed by atoms with van der Waals surface area (Å²) >= 11 is 0. The number of hydrogen-bond donors (Lipinski definition) is 1. The summed E-state index contributed by atoms with van der Waals surface area (Å²) in [5, 5.41) is 3.46. The van der Waals surface area contributed by atoms with E-state index in [0.29, 0.717) is 0 Å². The number of hydrogen-bond acceptors (Lipinski definition) is 3. The first-order valence-electron chi connectivity index (χ1n) is 7.54. The monoisotopic (exact) mass is 259 g/mol. The lowest BCUT2D eigenvalue weighted by Gasteiger charge is -2.32. The summed E-state index contributed by atoms with van der Waals surface area (Å²) in [5.74, 6) is 0. The maximum atomic E-state index is 3.46. The van der Waals surface area contributed by atoms with E-state index in [-0.39, 0.29) is 0 Å². The Labute approximate surface area is 116 Å². The van der Waals surface area contributed by atoms with Gasteiger partial charge in [0.05, 0.1) is 0 Å². The average molecular weight is 259 g/mol. The molecule has 2 aliphatic rings. The molecule has 1 saturated heterocycles. The van der Waals surface area contributed by atoms with Gasteiger partial charge in [-0.3, -0.25) is 0 Å². The zero-order chi connectivity index (χ0) is 13.1. The summed E-state index contributed by atoms with van der Waals surface area (Å²) in [4.78, 5) is 5.03. The first-order chi connectivity index (χ1) is 9.33. The van der Waals surface area contributed by atoms with Gasteiger partial charge in [-0.05, 0) is 43.1 Å². The van der Waals surface area contributed by atoms with Crippen LogP contribution in [0, 0.1) is 0 Å². The Bertz CT molecular complexity index is 422. The number of nitrogens with one attached hydrogen (secondary N) is 1. The Morgan fingerprint density at radius 1 is 1.16 bits per heavy atom. The topological polar surface area (TPSA) is 18.5 Å². The number of rotatable bonds is 3. The summed E-state index contributed by atoms with van der Waals surface area (Å²) in [6.07, 6.45) is 2.42. The van der Waals surface area contributed by atoms with Crippen molar-refractivity contribution in [3.8, 4) is 0 Å². The van der Waals surface area contributed by atoms with E-state index in [2.05, 4.69) is 40.4 Å². The maximum Gasteiger partial charge on any atom is 0.0208 e. The standard InChI is InChI=1S/C16H25N3/c1-18-9-11-19(12-10-18)8-6-14-3-2-4-15-13-17-7-5-16(14)15/h2-4,17H,5-13H2,1H3. The van der Waals surface area contributed by atoms with Gasteiger partial charge in [-0.2, -0.15) is 0 Å². The third kappa shape index (κ3) is 3.16. The summed E-state index contributed by atoms with van der Waals surface area (Å²) < 4.78 is 0. The second-order valence-corrected chi connectivity index (χ2v) is 5.88. The minimum absolute atomic E-state index is 1.05. The molecule has 3 heteroatoms. The van der Waals surface area contributed by atoms with Gasteiger partial charge >= 0.3 is 0 Å². The van der Waals surface area contributed by atoms with E-state index in [1.807, 2.05) is 0 Å². The highest BCUT2D eigenvalue weighted by Gasteiger charge is 2.16. The van der Waals surface area contributed by atoms with Crippen molar-refractivity contribution in [1.82, 2.24) is 15.1 Å². The second-order valence-electron chi connectivity index (χ2n) is 5.88. The highest BCUT2D eigenvalue weighted by Crippen LogP contribution is 2.19. The molecule has 0 amide bonds. The van der Waals surface area contributed by atoms with Crippen LogP contribution < -0.4 is 5.32 Å². The van der Waals surface area contributed by atoms with Crippen LogP contribution >= 0.6 is 0 Å². The molecular weight excluding hydrogens is 234 g/mol. The summed E-state index contributed by atoms with van der Waals surface area (Å²) in [7, 11) is 2.22. The van der Waals surface area contributed by atoms with Crippen molar-refractivity contribution in [2.45, 2.75) is 19.4 Å². The van der Waals surface area contributed by atoms with Crippen molar-refractivity contribution >= 4 is 0 Å². The summed E-state index contributed by atoms with van der Waals surface area (Å²) in [6, 6.07) is 6.84. The molecule has 0 spiro atoms. The third-order valence-corrected chi connectivity index (χ3v) is 4.53. The fraction of sp³-hybridized carbons (Fsp3) is 0.625. The number of nitrogens with zero attached hydrogens (tertiary/aromatic N) is 2. The van der Waals surface area contributed by atoms with Gasteiger partial charge in [0.15, 0.2) is 0 Å². The largest absolute Gasteiger partial charge is 0.312 e. The molecule has 3 rings (SSSR count). The smallest absolute Gasteiger partial charge is 0.0208 e. The Kier molecular flexibility index (Phi) is 4.16. The molecule has 3 nitrogen and oxygen atoms in total. The predicted octanol–water partition coefficient (Wildman–Crippen LogP) is 1.12. The molecule has 2 heterocycles. The molecule has 0 aromatic heterocycles. The fourth-order valence-corrected chi connectivity index (χ4v) is 3.20. The molecule has 2 aliphatic heterocycles. The molecule has 0 saturated carbocycles. The van der Waals surface area contributed by atoms with Crippen LogP contribution in [-0.4, -0.2) is 56.1 Å². The number of benzene rings is 1. The number of piperazine rings is 1. The third-order valence-electron chi connectivity index (χ3n) is 4.53. The van der Waals surface area contributed by atoms with Gasteiger partial charge in [0.25, 0.3) is 0 Å². The van der Waals surface area contributed by atoms with Gasteiger partial charge in [-0.1, -0.05) is 18.2 Å². The molecule has 1 N–H and O–H groups in total. The predicted molar refractivity (Wildman–Crippen MR) is 79.5 cm³/mol. The van der Waals surface area contributed by atoms with Crippen molar-refractivity contribution in [3.05, 3.63) is 34.9 Å². The maximum absolute atomic E-state index is 3.46. The van der Waals surface area contributed by atoms with Crippen molar-refractivity contribution in [2.24, 2.45) is 0 Å².